The van der Waals surface area contributed by atoms with Crippen molar-refractivity contribution in [3.63, 3.8) is 0 Å². The third-order valence-electron chi connectivity index (χ3n) is 4.04. The van der Waals surface area contributed by atoms with Gasteiger partial charge in [-0.2, -0.15) is 0 Å². The van der Waals surface area contributed by atoms with Crippen LogP contribution in [0.25, 0.3) is 0 Å². The van der Waals surface area contributed by atoms with Crippen molar-refractivity contribution < 1.29 is 0 Å². The summed E-state index contributed by atoms with van der Waals surface area (Å²) >= 11 is 0. The Morgan fingerprint density at radius 1 is 1.41 bits per heavy atom. The lowest BCUT2D eigenvalue weighted by atomic mass is 9.73. The van der Waals surface area contributed by atoms with Gasteiger partial charge in [0.25, 0.3) is 0 Å². The summed E-state index contributed by atoms with van der Waals surface area (Å²) in [6.07, 6.45) is 11.4. The average Bonchev–Trinajstić information content (AvgIpc) is 2.21. The number of rotatable bonds is 6. The number of allylic oxidation sites excluding steroid dienone is 1. The van der Waals surface area contributed by atoms with Crippen molar-refractivity contribution in [1.29, 1.82) is 0 Å². The first-order valence-corrected chi connectivity index (χ1v) is 7.42. The second-order valence-corrected chi connectivity index (χ2v) is 6.65. The fourth-order valence-electron chi connectivity index (χ4n) is 3.20. The van der Waals surface area contributed by atoms with Crippen LogP contribution < -0.4 is 5.73 Å². The Morgan fingerprint density at radius 3 is 2.65 bits per heavy atom. The zero-order valence-electron chi connectivity index (χ0n) is 12.3. The van der Waals surface area contributed by atoms with Gasteiger partial charge in [-0.1, -0.05) is 65.0 Å². The first kappa shape index (κ1) is 14.8. The molecule has 0 saturated heterocycles. The molecule has 1 rings (SSSR count). The molecule has 17 heavy (non-hydrogen) atoms. The van der Waals surface area contributed by atoms with Crippen LogP contribution in [0, 0.1) is 11.3 Å². The Morgan fingerprint density at radius 2 is 2.12 bits per heavy atom. The molecule has 2 unspecified atom stereocenters. The highest BCUT2D eigenvalue weighted by Crippen LogP contribution is 2.38. The van der Waals surface area contributed by atoms with Crippen LogP contribution in [0.4, 0.5) is 0 Å². The molecule has 1 aliphatic rings. The monoisotopic (exact) mass is 237 g/mol. The van der Waals surface area contributed by atoms with E-state index in [9.17, 15) is 0 Å². The van der Waals surface area contributed by atoms with Crippen molar-refractivity contribution in [3.05, 3.63) is 11.6 Å². The van der Waals surface area contributed by atoms with E-state index in [4.69, 9.17) is 5.73 Å². The van der Waals surface area contributed by atoms with Crippen molar-refractivity contribution in [1.82, 2.24) is 0 Å². The van der Waals surface area contributed by atoms with E-state index in [0.717, 1.165) is 12.3 Å². The minimum absolute atomic E-state index is 0.289. The first-order valence-electron chi connectivity index (χ1n) is 7.42. The molecule has 1 nitrogen and oxygen atoms in total. The van der Waals surface area contributed by atoms with E-state index in [1.807, 2.05) is 0 Å². The van der Waals surface area contributed by atoms with Crippen LogP contribution in [0.5, 0.6) is 0 Å². The molecule has 0 aromatic rings. The van der Waals surface area contributed by atoms with Crippen LogP contribution in [0.1, 0.15) is 72.6 Å². The Labute approximate surface area is 108 Å². The van der Waals surface area contributed by atoms with Crippen LogP contribution in [0.2, 0.25) is 0 Å². The number of unbranched alkanes of at least 4 members (excludes halogenated alkanes) is 1. The van der Waals surface area contributed by atoms with E-state index in [-0.39, 0.29) is 6.04 Å². The SMILES string of the molecule is CCCCC(CC)CC1=CC(N)CC(C)(C)C1. The highest BCUT2D eigenvalue weighted by Gasteiger charge is 2.27. The van der Waals surface area contributed by atoms with Crippen LogP contribution in [-0.4, -0.2) is 6.04 Å². The molecule has 100 valence electrons. The van der Waals surface area contributed by atoms with Crippen molar-refractivity contribution >= 4 is 0 Å². The summed E-state index contributed by atoms with van der Waals surface area (Å²) in [5.41, 5.74) is 8.17. The highest BCUT2D eigenvalue weighted by molar-refractivity contribution is 5.14. The van der Waals surface area contributed by atoms with Gasteiger partial charge in [-0.3, -0.25) is 0 Å². The topological polar surface area (TPSA) is 26.0 Å². The highest BCUT2D eigenvalue weighted by atomic mass is 14.6. The maximum atomic E-state index is 6.14. The van der Waals surface area contributed by atoms with Crippen molar-refractivity contribution in [2.45, 2.75) is 78.7 Å². The van der Waals surface area contributed by atoms with Crippen LogP contribution >= 0.6 is 0 Å². The van der Waals surface area contributed by atoms with E-state index >= 15 is 0 Å². The Hall–Kier alpha value is -0.300. The Kier molecular flexibility index (Phi) is 5.72. The van der Waals surface area contributed by atoms with E-state index in [0.29, 0.717) is 5.41 Å². The van der Waals surface area contributed by atoms with Gasteiger partial charge in [0.05, 0.1) is 0 Å². The molecular formula is C16H31N. The lowest BCUT2D eigenvalue weighted by Crippen LogP contribution is -2.31. The Bertz CT molecular complexity index is 252. The van der Waals surface area contributed by atoms with E-state index in [1.165, 1.54) is 38.5 Å². The molecule has 0 aliphatic heterocycles. The van der Waals surface area contributed by atoms with Gasteiger partial charge in [-0.15, -0.1) is 0 Å². The summed E-state index contributed by atoms with van der Waals surface area (Å²) in [7, 11) is 0. The molecular weight excluding hydrogens is 206 g/mol. The predicted octanol–water partition coefficient (Wildman–Crippen LogP) is 4.67. The van der Waals surface area contributed by atoms with Crippen LogP contribution in [0.3, 0.4) is 0 Å². The largest absolute Gasteiger partial charge is 0.324 e. The molecule has 1 aliphatic carbocycles. The molecule has 0 amide bonds. The Balaban J connectivity index is 2.54. The summed E-state index contributed by atoms with van der Waals surface area (Å²) in [6, 6.07) is 0.289. The molecule has 0 bridgehead atoms. The molecule has 0 fully saturated rings. The summed E-state index contributed by atoms with van der Waals surface area (Å²) in [5, 5.41) is 0. The van der Waals surface area contributed by atoms with Gasteiger partial charge < -0.3 is 5.73 Å². The van der Waals surface area contributed by atoms with Gasteiger partial charge in [-0.25, -0.2) is 0 Å². The standard InChI is InChI=1S/C16H31N/c1-5-7-8-13(6-2)9-14-10-15(17)12-16(3,4)11-14/h10,13,15H,5-9,11-12,17H2,1-4H3. The third-order valence-corrected chi connectivity index (χ3v) is 4.04. The van der Waals surface area contributed by atoms with Crippen molar-refractivity contribution in [2.75, 3.05) is 0 Å². The van der Waals surface area contributed by atoms with Gasteiger partial charge in [0, 0.05) is 6.04 Å². The summed E-state index contributed by atoms with van der Waals surface area (Å²) in [6.45, 7) is 9.32. The van der Waals surface area contributed by atoms with Crippen molar-refractivity contribution in [2.24, 2.45) is 17.1 Å². The lowest BCUT2D eigenvalue weighted by Gasteiger charge is -2.34. The smallest absolute Gasteiger partial charge is 0.0231 e. The number of hydrogen-bond donors (Lipinski definition) is 1. The predicted molar refractivity (Wildman–Crippen MR) is 77.0 cm³/mol. The van der Waals surface area contributed by atoms with E-state index in [1.54, 1.807) is 5.57 Å². The third kappa shape index (κ3) is 5.25. The lowest BCUT2D eigenvalue weighted by molar-refractivity contribution is 0.289. The normalized spacial score (nSPS) is 25.5. The van der Waals surface area contributed by atoms with E-state index in [2.05, 4.69) is 33.8 Å². The number of hydrogen-bond acceptors (Lipinski definition) is 1. The molecule has 2 atom stereocenters. The molecule has 0 saturated carbocycles. The summed E-state index contributed by atoms with van der Waals surface area (Å²) in [5.74, 6) is 0.877. The molecule has 0 aromatic carbocycles. The van der Waals surface area contributed by atoms with Gasteiger partial charge in [0.15, 0.2) is 0 Å². The molecule has 0 heterocycles. The molecule has 0 aromatic heterocycles. The minimum atomic E-state index is 0.289. The first-order chi connectivity index (χ1) is 7.96. The summed E-state index contributed by atoms with van der Waals surface area (Å²) in [4.78, 5) is 0. The van der Waals surface area contributed by atoms with Crippen LogP contribution in [-0.2, 0) is 0 Å². The fourth-order valence-corrected chi connectivity index (χ4v) is 3.20. The summed E-state index contributed by atoms with van der Waals surface area (Å²) < 4.78 is 0. The zero-order chi connectivity index (χ0) is 12.9. The molecule has 1 heteroatoms. The van der Waals surface area contributed by atoms with Gasteiger partial charge >= 0.3 is 0 Å². The maximum Gasteiger partial charge on any atom is 0.0231 e. The molecule has 0 spiro atoms. The molecule has 0 radical (unpaired) electrons. The van der Waals surface area contributed by atoms with Gasteiger partial charge in [-0.05, 0) is 30.6 Å². The maximum absolute atomic E-state index is 6.14. The zero-order valence-corrected chi connectivity index (χ0v) is 12.3. The second-order valence-electron chi connectivity index (χ2n) is 6.65. The van der Waals surface area contributed by atoms with Gasteiger partial charge in [0.1, 0.15) is 0 Å². The fraction of sp³-hybridized carbons (Fsp3) is 0.875. The van der Waals surface area contributed by atoms with Crippen LogP contribution in [0.15, 0.2) is 11.6 Å². The van der Waals surface area contributed by atoms with E-state index < -0.39 is 0 Å². The minimum Gasteiger partial charge on any atom is -0.324 e. The molecule has 2 N–H and O–H groups in total. The average molecular weight is 237 g/mol. The quantitative estimate of drug-likeness (QED) is 0.668. The second kappa shape index (κ2) is 6.58. The number of nitrogens with two attached hydrogens (primary N) is 1. The van der Waals surface area contributed by atoms with Gasteiger partial charge in [0.2, 0.25) is 0 Å². The van der Waals surface area contributed by atoms with Crippen molar-refractivity contribution in [3.8, 4) is 0 Å².